The Morgan fingerprint density at radius 3 is 2.59 bits per heavy atom. The number of nitrogens with one attached hydrogen (secondary N) is 1. The van der Waals surface area contributed by atoms with Crippen LogP contribution >= 0.6 is 31.9 Å². The van der Waals surface area contributed by atoms with Gasteiger partial charge in [0, 0.05) is 27.7 Å². The molecular formula is C26H20Br2FN5O5. The topological polar surface area (TPSA) is 129 Å². The van der Waals surface area contributed by atoms with Crippen molar-refractivity contribution in [3.63, 3.8) is 0 Å². The maximum atomic E-state index is 13.2. The summed E-state index contributed by atoms with van der Waals surface area (Å²) in [6.45, 7) is 3.21. The number of rotatable bonds is 8. The lowest BCUT2D eigenvalue weighted by Gasteiger charge is -2.12. The number of carbonyl (C=O) groups is 1. The predicted molar refractivity (Wildman–Crippen MR) is 152 cm³/mol. The van der Waals surface area contributed by atoms with E-state index >= 15 is 0 Å². The number of aromatic nitrogens is 2. The average Bonchev–Trinajstić information content (AvgIpc) is 2.88. The highest BCUT2D eigenvalue weighted by molar-refractivity contribution is 9.10. The lowest BCUT2D eigenvalue weighted by Crippen LogP contribution is -2.23. The van der Waals surface area contributed by atoms with Gasteiger partial charge in [0.15, 0.2) is 6.61 Å². The Kier molecular flexibility index (Phi) is 8.51. The molecule has 0 spiro atoms. The van der Waals surface area contributed by atoms with Gasteiger partial charge in [-0.3, -0.25) is 19.7 Å². The van der Waals surface area contributed by atoms with Crippen molar-refractivity contribution >= 4 is 66.3 Å². The van der Waals surface area contributed by atoms with Crippen LogP contribution in [0.3, 0.4) is 0 Å². The first-order valence-corrected chi connectivity index (χ1v) is 13.0. The van der Waals surface area contributed by atoms with Crippen molar-refractivity contribution in [2.45, 2.75) is 19.8 Å². The minimum Gasteiger partial charge on any atom is -0.476 e. The number of nitro benzene ring substituents is 1. The standard InChI is InChI=1S/C26H20Br2FN5O5/c1-14(2)25-32-21-8-3-16(27)11-19(21)26(36)33(25)30-12-15-9-20(28)24(22(10-15)34(37)38)39-13-23(35)31-18-6-4-17(29)5-7-18/h3-12,14H,13H2,1-2H3,(H,31,35). The number of nitro groups is 1. The smallest absolute Gasteiger partial charge is 0.312 e. The molecule has 39 heavy (non-hydrogen) atoms. The molecule has 4 rings (SSSR count). The molecule has 1 amide bonds. The minimum absolute atomic E-state index is 0.138. The van der Waals surface area contributed by atoms with Crippen LogP contribution in [0.25, 0.3) is 10.9 Å². The van der Waals surface area contributed by atoms with Gasteiger partial charge in [-0.25, -0.2) is 9.37 Å². The third-order valence-electron chi connectivity index (χ3n) is 5.39. The molecule has 0 unspecified atom stereocenters. The molecule has 200 valence electrons. The van der Waals surface area contributed by atoms with Gasteiger partial charge in [0.25, 0.3) is 11.5 Å². The molecule has 0 aliphatic heterocycles. The molecular weight excluding hydrogens is 641 g/mol. The highest BCUT2D eigenvalue weighted by Gasteiger charge is 2.21. The van der Waals surface area contributed by atoms with Crippen LogP contribution in [0, 0.1) is 15.9 Å². The van der Waals surface area contributed by atoms with Crippen LogP contribution in [0.1, 0.15) is 31.2 Å². The molecule has 3 aromatic carbocycles. The first kappa shape index (κ1) is 28.0. The second kappa shape index (κ2) is 11.8. The van der Waals surface area contributed by atoms with Crippen LogP contribution in [-0.4, -0.2) is 33.3 Å². The van der Waals surface area contributed by atoms with Crippen LogP contribution in [-0.2, 0) is 4.79 Å². The Morgan fingerprint density at radius 1 is 1.21 bits per heavy atom. The highest BCUT2D eigenvalue weighted by Crippen LogP contribution is 2.36. The van der Waals surface area contributed by atoms with Crippen molar-refractivity contribution in [2.24, 2.45) is 5.10 Å². The number of carbonyl (C=O) groups excluding carboxylic acids is 1. The van der Waals surface area contributed by atoms with Gasteiger partial charge in [0.05, 0.1) is 26.5 Å². The van der Waals surface area contributed by atoms with Crippen molar-refractivity contribution in [1.82, 2.24) is 9.66 Å². The maximum absolute atomic E-state index is 13.2. The van der Waals surface area contributed by atoms with E-state index in [9.17, 15) is 24.1 Å². The lowest BCUT2D eigenvalue weighted by atomic mass is 10.2. The predicted octanol–water partition coefficient (Wildman–Crippen LogP) is 5.99. The zero-order valence-corrected chi connectivity index (χ0v) is 23.7. The van der Waals surface area contributed by atoms with Crippen molar-refractivity contribution in [3.8, 4) is 5.75 Å². The van der Waals surface area contributed by atoms with E-state index in [2.05, 4.69) is 47.3 Å². The summed E-state index contributed by atoms with van der Waals surface area (Å²) in [6.07, 6.45) is 1.31. The van der Waals surface area contributed by atoms with Gasteiger partial charge < -0.3 is 10.1 Å². The molecule has 0 fully saturated rings. The molecule has 1 heterocycles. The fraction of sp³-hybridized carbons (Fsp3) is 0.154. The highest BCUT2D eigenvalue weighted by atomic mass is 79.9. The van der Waals surface area contributed by atoms with Crippen LogP contribution in [0.5, 0.6) is 5.75 Å². The van der Waals surface area contributed by atoms with Gasteiger partial charge in [-0.05, 0) is 64.5 Å². The van der Waals surface area contributed by atoms with Gasteiger partial charge in [-0.15, -0.1) is 0 Å². The zero-order valence-electron chi connectivity index (χ0n) is 20.5. The first-order chi connectivity index (χ1) is 18.5. The molecule has 10 nitrogen and oxygen atoms in total. The summed E-state index contributed by atoms with van der Waals surface area (Å²) in [4.78, 5) is 41.2. The first-order valence-electron chi connectivity index (χ1n) is 11.5. The summed E-state index contributed by atoms with van der Waals surface area (Å²) in [5.41, 5.74) is 0.366. The summed E-state index contributed by atoms with van der Waals surface area (Å²) in [5.74, 6) is -0.927. The van der Waals surface area contributed by atoms with E-state index in [1.54, 1.807) is 18.2 Å². The van der Waals surface area contributed by atoms with Gasteiger partial charge in [0.1, 0.15) is 11.6 Å². The number of anilines is 1. The van der Waals surface area contributed by atoms with Crippen LogP contribution in [0.15, 0.2) is 73.4 Å². The number of benzene rings is 3. The van der Waals surface area contributed by atoms with E-state index in [0.717, 1.165) is 0 Å². The summed E-state index contributed by atoms with van der Waals surface area (Å²) in [5, 5.41) is 19.0. The summed E-state index contributed by atoms with van der Waals surface area (Å²) >= 11 is 6.62. The van der Waals surface area contributed by atoms with Crippen molar-refractivity contribution in [2.75, 3.05) is 11.9 Å². The average molecular weight is 661 g/mol. The van der Waals surface area contributed by atoms with Crippen LogP contribution < -0.4 is 15.6 Å². The number of hydrogen-bond donors (Lipinski definition) is 1. The Bertz CT molecular complexity index is 1670. The number of amides is 1. The van der Waals surface area contributed by atoms with Gasteiger partial charge >= 0.3 is 5.69 Å². The molecule has 0 saturated heterocycles. The summed E-state index contributed by atoms with van der Waals surface area (Å²) in [7, 11) is 0. The third kappa shape index (κ3) is 6.55. The molecule has 1 N–H and O–H groups in total. The zero-order chi connectivity index (χ0) is 28.3. The van der Waals surface area contributed by atoms with Crippen molar-refractivity contribution in [1.29, 1.82) is 0 Å². The number of fused-ring (bicyclic) bond motifs is 1. The van der Waals surface area contributed by atoms with Crippen molar-refractivity contribution < 1.29 is 18.8 Å². The van der Waals surface area contributed by atoms with Gasteiger partial charge in [-0.1, -0.05) is 29.8 Å². The Hall–Kier alpha value is -3.97. The van der Waals surface area contributed by atoms with E-state index in [1.807, 2.05) is 13.8 Å². The molecule has 0 saturated carbocycles. The lowest BCUT2D eigenvalue weighted by molar-refractivity contribution is -0.385. The third-order valence-corrected chi connectivity index (χ3v) is 6.47. The Labute approximate surface area is 237 Å². The van der Waals surface area contributed by atoms with E-state index in [1.165, 1.54) is 47.3 Å². The van der Waals surface area contributed by atoms with Crippen LogP contribution in [0.2, 0.25) is 0 Å². The second-order valence-electron chi connectivity index (χ2n) is 8.60. The number of ether oxygens (including phenoxy) is 1. The number of hydrogen-bond acceptors (Lipinski definition) is 7. The molecule has 13 heteroatoms. The molecule has 0 aliphatic rings. The summed E-state index contributed by atoms with van der Waals surface area (Å²) in [6, 6.07) is 13.0. The molecule has 0 aliphatic carbocycles. The number of halogens is 3. The van der Waals surface area contributed by atoms with Gasteiger partial charge in [-0.2, -0.15) is 9.78 Å². The fourth-order valence-corrected chi connectivity index (χ4v) is 4.54. The fourth-order valence-electron chi connectivity index (χ4n) is 3.60. The Balaban J connectivity index is 1.62. The largest absolute Gasteiger partial charge is 0.476 e. The van der Waals surface area contributed by atoms with E-state index in [0.29, 0.717) is 32.5 Å². The minimum atomic E-state index is -0.657. The van der Waals surface area contributed by atoms with E-state index < -0.39 is 28.9 Å². The molecule has 0 radical (unpaired) electrons. The normalized spacial score (nSPS) is 11.3. The van der Waals surface area contributed by atoms with E-state index in [4.69, 9.17) is 4.74 Å². The summed E-state index contributed by atoms with van der Waals surface area (Å²) < 4.78 is 20.6. The second-order valence-corrected chi connectivity index (χ2v) is 10.4. The maximum Gasteiger partial charge on any atom is 0.312 e. The van der Waals surface area contributed by atoms with Crippen LogP contribution in [0.4, 0.5) is 15.8 Å². The van der Waals surface area contributed by atoms with Crippen molar-refractivity contribution in [3.05, 3.63) is 101 Å². The molecule has 1 aromatic heterocycles. The SMILES string of the molecule is CC(C)c1nc2ccc(Br)cc2c(=O)n1N=Cc1cc(Br)c(OCC(=O)Nc2ccc(F)cc2)c([N+](=O)[O-])c1. The van der Waals surface area contributed by atoms with E-state index in [-0.39, 0.29) is 21.7 Å². The van der Waals surface area contributed by atoms with Gasteiger partial charge in [0.2, 0.25) is 5.75 Å². The molecule has 0 bridgehead atoms. The molecule has 4 aromatic rings. The Morgan fingerprint density at radius 2 is 1.92 bits per heavy atom. The quantitative estimate of drug-likeness (QED) is 0.140. The molecule has 0 atom stereocenters. The monoisotopic (exact) mass is 659 g/mol. The number of nitrogens with zero attached hydrogens (tertiary/aromatic N) is 4.